The Hall–Kier alpha value is -7.87. The van der Waals surface area contributed by atoms with Gasteiger partial charge in [-0.1, -0.05) is 109 Å². The third-order valence-corrected chi connectivity index (χ3v) is 8.86. The summed E-state index contributed by atoms with van der Waals surface area (Å²) in [5.74, 6) is -1.13. The van der Waals surface area contributed by atoms with Gasteiger partial charge in [-0.3, -0.25) is 4.57 Å². The van der Waals surface area contributed by atoms with Gasteiger partial charge in [-0.25, -0.2) is 4.98 Å². The Morgan fingerprint density at radius 3 is 2.02 bits per heavy atom. The van der Waals surface area contributed by atoms with Crippen LogP contribution in [0.5, 0.6) is 0 Å². The third kappa shape index (κ3) is 5.00. The van der Waals surface area contributed by atoms with E-state index in [1.807, 2.05) is 0 Å². The summed E-state index contributed by atoms with van der Waals surface area (Å²) in [6.07, 6.45) is 0. The van der Waals surface area contributed by atoms with Crippen LogP contribution in [-0.4, -0.2) is 24.1 Å². The molecule has 3 heterocycles. The third-order valence-electron chi connectivity index (χ3n) is 8.86. The molecule has 10 aromatic rings. The van der Waals surface area contributed by atoms with E-state index < -0.39 is 125 Å². The van der Waals surface area contributed by atoms with Gasteiger partial charge < -0.3 is 4.57 Å². The van der Waals surface area contributed by atoms with E-state index in [0.29, 0.717) is 27.4 Å². The molecule has 0 amide bonds. The summed E-state index contributed by atoms with van der Waals surface area (Å²) in [5, 5.41) is 20.5. The van der Waals surface area contributed by atoms with Gasteiger partial charge >= 0.3 is 0 Å². The molecule has 7 heteroatoms. The number of para-hydroxylation sites is 2. The lowest BCUT2D eigenvalue weighted by atomic mass is 10.0. The smallest absolute Gasteiger partial charge is 0.238 e. The van der Waals surface area contributed by atoms with E-state index in [1.54, 1.807) is 78.9 Å². The number of aromatic nitrogens is 5. The summed E-state index contributed by atoms with van der Waals surface area (Å²) in [5.41, 5.74) is -1.50. The fourth-order valence-electron chi connectivity index (χ4n) is 6.46. The van der Waals surface area contributed by atoms with Gasteiger partial charge in [0.2, 0.25) is 5.95 Å². The minimum atomic E-state index is -0.783. The Morgan fingerprint density at radius 1 is 0.463 bits per heavy atom. The molecular formula is C47H27N7. The fraction of sp³-hybridized carbons (Fsp3) is 0. The number of hydrogen-bond donors (Lipinski definition) is 0. The molecule has 250 valence electrons. The van der Waals surface area contributed by atoms with Gasteiger partial charge in [-0.05, 0) is 65.6 Å². The van der Waals surface area contributed by atoms with E-state index in [4.69, 9.17) is 13.7 Å². The monoisotopic (exact) mass is 704 g/mol. The highest BCUT2D eigenvalue weighted by molar-refractivity contribution is 6.10. The highest BCUT2D eigenvalue weighted by Gasteiger charge is 2.19. The zero-order chi connectivity index (χ0) is 49.2. The molecule has 0 saturated carbocycles. The largest absolute Gasteiger partial charge is 0.309 e. The second kappa shape index (κ2) is 12.4. The van der Waals surface area contributed by atoms with Gasteiger partial charge in [-0.2, -0.15) is 20.5 Å². The molecule has 7 aromatic carbocycles. The molecule has 3 aromatic heterocycles. The van der Waals surface area contributed by atoms with Crippen LogP contribution in [0.1, 0.15) is 31.7 Å². The van der Waals surface area contributed by atoms with Crippen LogP contribution in [-0.2, 0) is 0 Å². The van der Waals surface area contributed by atoms with Crippen LogP contribution in [0.3, 0.4) is 0 Å². The quantitative estimate of drug-likeness (QED) is 0.178. The van der Waals surface area contributed by atoms with E-state index in [2.05, 4.69) is 21.0 Å². The van der Waals surface area contributed by atoms with Crippen molar-refractivity contribution in [1.29, 1.82) is 10.5 Å². The van der Waals surface area contributed by atoms with Crippen molar-refractivity contribution in [1.82, 2.24) is 24.1 Å². The van der Waals surface area contributed by atoms with Crippen molar-refractivity contribution < 1.29 is 20.6 Å². The van der Waals surface area contributed by atoms with Crippen molar-refractivity contribution in [2.24, 2.45) is 0 Å². The second-order valence-electron chi connectivity index (χ2n) is 12.0. The van der Waals surface area contributed by atoms with Crippen LogP contribution in [0.15, 0.2) is 163 Å². The molecule has 0 spiro atoms. The van der Waals surface area contributed by atoms with Crippen molar-refractivity contribution >= 4 is 43.6 Å². The van der Waals surface area contributed by atoms with E-state index in [0.717, 1.165) is 4.57 Å². The first-order chi connectivity index (χ1) is 32.9. The summed E-state index contributed by atoms with van der Waals surface area (Å²) in [6, 6.07) is 13.7. The average molecular weight is 705 g/mol. The summed E-state index contributed by atoms with van der Waals surface area (Å²) < 4.78 is 139. The van der Waals surface area contributed by atoms with Crippen molar-refractivity contribution in [3.05, 3.63) is 175 Å². The van der Waals surface area contributed by atoms with Gasteiger partial charge in [0.25, 0.3) is 0 Å². The lowest BCUT2D eigenvalue weighted by Crippen LogP contribution is -2.06. The lowest BCUT2D eigenvalue weighted by molar-refractivity contribution is 0.953. The average Bonchev–Trinajstić information content (AvgIpc) is 3.88. The molecule has 0 unspecified atom stereocenters. The summed E-state index contributed by atoms with van der Waals surface area (Å²) in [7, 11) is 0. The van der Waals surface area contributed by atoms with Crippen molar-refractivity contribution in [3.8, 4) is 57.7 Å². The molecule has 0 aliphatic rings. The van der Waals surface area contributed by atoms with Crippen LogP contribution in [0, 0.1) is 22.7 Å². The number of hydrogen-bond acceptors (Lipinski definition) is 5. The molecule has 54 heavy (non-hydrogen) atoms. The lowest BCUT2D eigenvalue weighted by Gasteiger charge is -2.12. The first kappa shape index (κ1) is 19.1. The van der Waals surface area contributed by atoms with E-state index >= 15 is 0 Å². The first-order valence-electron chi connectivity index (χ1n) is 23.9. The Balaban J connectivity index is 1.28. The molecule has 0 radical (unpaired) electrons. The second-order valence-corrected chi connectivity index (χ2v) is 12.0. The van der Waals surface area contributed by atoms with Crippen LogP contribution in [0.25, 0.3) is 89.2 Å². The Morgan fingerprint density at radius 2 is 1.19 bits per heavy atom. The summed E-state index contributed by atoms with van der Waals surface area (Å²) in [4.78, 5) is 13.8. The predicted molar refractivity (Wildman–Crippen MR) is 214 cm³/mol. The highest BCUT2D eigenvalue weighted by Crippen LogP contribution is 2.36. The van der Waals surface area contributed by atoms with Crippen LogP contribution in [0.4, 0.5) is 0 Å². The zero-order valence-corrected chi connectivity index (χ0v) is 27.6. The number of nitrogens with zero attached hydrogens (tertiary/aromatic N) is 7. The number of rotatable bonds is 5. The van der Waals surface area contributed by atoms with Gasteiger partial charge in [0, 0.05) is 38.4 Å². The van der Waals surface area contributed by atoms with E-state index in [9.17, 15) is 17.4 Å². The molecule has 10 rings (SSSR count). The molecule has 0 fully saturated rings. The molecular weight excluding hydrogens is 663 g/mol. The van der Waals surface area contributed by atoms with Crippen molar-refractivity contribution in [2.75, 3.05) is 0 Å². The van der Waals surface area contributed by atoms with Gasteiger partial charge in [0.05, 0.1) is 65.9 Å². The predicted octanol–water partition coefficient (Wildman–Crippen LogP) is 10.8. The normalized spacial score (nSPS) is 15.2. The van der Waals surface area contributed by atoms with Crippen LogP contribution in [0.2, 0.25) is 0 Å². The minimum absolute atomic E-state index is 0.146. The van der Waals surface area contributed by atoms with Crippen molar-refractivity contribution in [2.45, 2.75) is 0 Å². The van der Waals surface area contributed by atoms with E-state index in [-0.39, 0.29) is 38.9 Å². The van der Waals surface area contributed by atoms with Crippen LogP contribution >= 0.6 is 0 Å². The SMILES string of the molecule is [2H]c1c([2H])c(-c2c([2H])c([2H])c(-c3nc(-c4ccccc4)nc(-n4c5c([2H])c([2H])c([2H])c([2H])c5c5c([2H])c(C#N)c([2H])c([2H])c54)n3)c([2H])c2[2H])c([2H])c(-n2c3ccccc3c3ccc(C#N)cc32)c1[2H]. The maximum absolute atomic E-state index is 9.94. The molecule has 0 aliphatic carbocycles. The van der Waals surface area contributed by atoms with Crippen LogP contribution < -0.4 is 0 Å². The van der Waals surface area contributed by atoms with Gasteiger partial charge in [0.1, 0.15) is 0 Å². The first-order valence-corrected chi connectivity index (χ1v) is 16.4. The molecule has 0 saturated heterocycles. The maximum Gasteiger partial charge on any atom is 0.238 e. The standard InChI is InChI=1S/C47H27N7/c48-28-30-18-24-43-40(25-30)38-14-5-7-16-42(38)54(43)47-51-45(33-9-2-1-3-10-33)50-46(52-47)34-21-19-32(20-22-34)35-11-8-12-36(27-35)53-41-15-6-4-13-37(41)39-23-17-31(29-49)26-44(39)53/h1-27H/i5D,7D,8D,11D,12D,14D,16D,18D,19D,20D,21D,22D,24D,25D,27D. The Labute approximate surface area is 331 Å². The Bertz CT molecular complexity index is 4030. The number of nitriles is 2. The van der Waals surface area contributed by atoms with Gasteiger partial charge in [0.15, 0.2) is 11.6 Å². The maximum atomic E-state index is 9.94. The topological polar surface area (TPSA) is 96.1 Å². The summed E-state index contributed by atoms with van der Waals surface area (Å²) in [6.45, 7) is 0. The summed E-state index contributed by atoms with van der Waals surface area (Å²) >= 11 is 0. The fourth-order valence-corrected chi connectivity index (χ4v) is 6.46. The molecule has 0 atom stereocenters. The number of fused-ring (bicyclic) bond motifs is 6. The molecule has 0 bridgehead atoms. The highest BCUT2D eigenvalue weighted by atomic mass is 15.2. The molecule has 7 nitrogen and oxygen atoms in total. The van der Waals surface area contributed by atoms with Crippen molar-refractivity contribution in [3.63, 3.8) is 0 Å². The van der Waals surface area contributed by atoms with Gasteiger partial charge in [-0.15, -0.1) is 0 Å². The Kier molecular flexibility index (Phi) is 4.39. The number of benzene rings is 7. The zero-order valence-electron chi connectivity index (χ0n) is 42.6. The minimum Gasteiger partial charge on any atom is -0.309 e. The van der Waals surface area contributed by atoms with E-state index in [1.165, 1.54) is 4.57 Å². The molecule has 0 N–H and O–H groups in total. The molecule has 0 aliphatic heterocycles.